The highest BCUT2D eigenvalue weighted by molar-refractivity contribution is 7.98. The minimum atomic E-state index is 0.675. The third-order valence-electron chi connectivity index (χ3n) is 2.00. The second kappa shape index (κ2) is 7.69. The normalized spacial score (nSPS) is 12.9. The lowest BCUT2D eigenvalue weighted by Crippen LogP contribution is -2.25. The molecule has 0 aromatic heterocycles. The Bertz CT molecular complexity index is 123. The molecule has 72 valence electrons. The van der Waals surface area contributed by atoms with Crippen LogP contribution in [-0.2, 0) is 0 Å². The summed E-state index contributed by atoms with van der Waals surface area (Å²) in [7, 11) is 2.05. The molecule has 0 rings (SSSR count). The van der Waals surface area contributed by atoms with Crippen molar-refractivity contribution >= 4 is 11.8 Å². The van der Waals surface area contributed by atoms with Crippen molar-refractivity contribution in [3.63, 3.8) is 0 Å². The van der Waals surface area contributed by atoms with E-state index in [-0.39, 0.29) is 0 Å². The van der Waals surface area contributed by atoms with Gasteiger partial charge in [0.15, 0.2) is 0 Å². The third-order valence-corrected chi connectivity index (χ3v) is 2.64. The Labute approximate surface area is 81.0 Å². The van der Waals surface area contributed by atoms with Crippen molar-refractivity contribution in [1.29, 1.82) is 0 Å². The predicted molar refractivity (Wildman–Crippen MR) is 59.9 cm³/mol. The molecule has 0 bridgehead atoms. The molecule has 12 heavy (non-hydrogen) atoms. The minimum absolute atomic E-state index is 0.675. The van der Waals surface area contributed by atoms with E-state index in [1.54, 1.807) is 0 Å². The van der Waals surface area contributed by atoms with E-state index in [9.17, 15) is 0 Å². The van der Waals surface area contributed by atoms with E-state index >= 15 is 0 Å². The van der Waals surface area contributed by atoms with Crippen LogP contribution < -0.4 is 5.32 Å². The molecule has 0 radical (unpaired) electrons. The van der Waals surface area contributed by atoms with Crippen LogP contribution in [0.4, 0.5) is 0 Å². The largest absolute Gasteiger partial charge is 0.317 e. The maximum Gasteiger partial charge on any atom is 0.00749 e. The molecule has 0 saturated carbocycles. The van der Waals surface area contributed by atoms with Crippen LogP contribution in [0.5, 0.6) is 0 Å². The first-order valence-electron chi connectivity index (χ1n) is 4.51. The van der Waals surface area contributed by atoms with E-state index in [0.717, 1.165) is 6.42 Å². The predicted octanol–water partition coefficient (Wildman–Crippen LogP) is 2.68. The number of hydrogen-bond donors (Lipinski definition) is 1. The summed E-state index contributed by atoms with van der Waals surface area (Å²) in [4.78, 5) is 0. The second-order valence-corrected chi connectivity index (χ2v) is 4.25. The van der Waals surface area contributed by atoms with Crippen LogP contribution in [0.1, 0.15) is 26.2 Å². The molecule has 0 aliphatic carbocycles. The molecular weight excluding hydrogens is 166 g/mol. The van der Waals surface area contributed by atoms with E-state index in [2.05, 4.69) is 25.1 Å². The number of hydrogen-bond acceptors (Lipinski definition) is 2. The van der Waals surface area contributed by atoms with Crippen LogP contribution in [-0.4, -0.2) is 25.1 Å². The molecular formula is C10H21NS. The molecule has 2 heteroatoms. The van der Waals surface area contributed by atoms with Gasteiger partial charge in [-0.05, 0) is 45.2 Å². The van der Waals surface area contributed by atoms with E-state index < -0.39 is 0 Å². The first kappa shape index (κ1) is 12.0. The lowest BCUT2D eigenvalue weighted by Gasteiger charge is -2.14. The van der Waals surface area contributed by atoms with Gasteiger partial charge >= 0.3 is 0 Å². The molecule has 1 nitrogen and oxygen atoms in total. The molecule has 1 unspecified atom stereocenters. The summed E-state index contributed by atoms with van der Waals surface area (Å²) in [5, 5.41) is 3.34. The van der Waals surface area contributed by atoms with Gasteiger partial charge in [-0.15, -0.1) is 6.58 Å². The Kier molecular flexibility index (Phi) is 7.72. The second-order valence-electron chi connectivity index (χ2n) is 3.26. The Morgan fingerprint density at radius 1 is 1.50 bits per heavy atom. The fourth-order valence-corrected chi connectivity index (χ4v) is 1.63. The summed E-state index contributed by atoms with van der Waals surface area (Å²) in [5.74, 6) is 1.25. The van der Waals surface area contributed by atoms with Crippen molar-refractivity contribution in [1.82, 2.24) is 5.32 Å². The zero-order valence-corrected chi connectivity index (χ0v) is 9.34. The van der Waals surface area contributed by atoms with Gasteiger partial charge in [0.25, 0.3) is 0 Å². The zero-order valence-electron chi connectivity index (χ0n) is 8.52. The summed E-state index contributed by atoms with van der Waals surface area (Å²) < 4.78 is 0. The summed E-state index contributed by atoms with van der Waals surface area (Å²) >= 11 is 1.92. The highest BCUT2D eigenvalue weighted by atomic mass is 32.2. The maximum atomic E-state index is 3.91. The fraction of sp³-hybridized carbons (Fsp3) is 0.800. The monoisotopic (exact) mass is 187 g/mol. The lowest BCUT2D eigenvalue weighted by molar-refractivity contribution is 0.511. The quantitative estimate of drug-likeness (QED) is 0.615. The highest BCUT2D eigenvalue weighted by Crippen LogP contribution is 2.09. The molecule has 0 fully saturated rings. The average molecular weight is 187 g/mol. The molecule has 0 aliphatic heterocycles. The average Bonchev–Trinajstić information content (AvgIpc) is 2.05. The molecule has 0 aromatic carbocycles. The zero-order chi connectivity index (χ0) is 9.40. The fourth-order valence-electron chi connectivity index (χ4n) is 1.11. The van der Waals surface area contributed by atoms with Crippen LogP contribution in [0.3, 0.4) is 0 Å². The van der Waals surface area contributed by atoms with Crippen LogP contribution in [0.25, 0.3) is 0 Å². The van der Waals surface area contributed by atoms with Crippen LogP contribution in [0.15, 0.2) is 12.2 Å². The van der Waals surface area contributed by atoms with Gasteiger partial charge in [-0.2, -0.15) is 11.8 Å². The van der Waals surface area contributed by atoms with Gasteiger partial charge in [0.05, 0.1) is 0 Å². The van der Waals surface area contributed by atoms with Gasteiger partial charge < -0.3 is 5.32 Å². The highest BCUT2D eigenvalue weighted by Gasteiger charge is 2.04. The molecule has 1 atom stereocenters. The summed E-state index contributed by atoms with van der Waals surface area (Å²) in [6, 6.07) is 0.675. The Morgan fingerprint density at radius 3 is 2.58 bits per heavy atom. The van der Waals surface area contributed by atoms with Crippen molar-refractivity contribution in [2.75, 3.05) is 19.1 Å². The van der Waals surface area contributed by atoms with Gasteiger partial charge in [0.1, 0.15) is 0 Å². The smallest absolute Gasteiger partial charge is 0.00749 e. The van der Waals surface area contributed by atoms with Crippen LogP contribution in [0.2, 0.25) is 0 Å². The van der Waals surface area contributed by atoms with Crippen molar-refractivity contribution in [3.05, 3.63) is 12.2 Å². The first-order chi connectivity index (χ1) is 5.70. The van der Waals surface area contributed by atoms with Gasteiger partial charge in [-0.3, -0.25) is 0 Å². The van der Waals surface area contributed by atoms with Crippen molar-refractivity contribution in [3.8, 4) is 0 Å². The first-order valence-corrected chi connectivity index (χ1v) is 5.90. The summed E-state index contributed by atoms with van der Waals surface area (Å²) in [5.41, 5.74) is 1.29. The minimum Gasteiger partial charge on any atom is -0.317 e. The molecule has 0 spiro atoms. The SMILES string of the molecule is C=C(C)CCC(CCSC)NC. The van der Waals surface area contributed by atoms with Gasteiger partial charge in [-0.1, -0.05) is 5.57 Å². The topological polar surface area (TPSA) is 12.0 Å². The van der Waals surface area contributed by atoms with Crippen LogP contribution >= 0.6 is 11.8 Å². The third kappa shape index (κ3) is 6.74. The van der Waals surface area contributed by atoms with Crippen molar-refractivity contribution in [2.24, 2.45) is 0 Å². The summed E-state index contributed by atoms with van der Waals surface area (Å²) in [6.45, 7) is 6.01. The molecule has 0 aromatic rings. The Balaban J connectivity index is 3.45. The van der Waals surface area contributed by atoms with E-state index in [0.29, 0.717) is 6.04 Å². The van der Waals surface area contributed by atoms with Crippen molar-refractivity contribution in [2.45, 2.75) is 32.2 Å². The van der Waals surface area contributed by atoms with E-state index in [4.69, 9.17) is 0 Å². The van der Waals surface area contributed by atoms with Gasteiger partial charge in [-0.25, -0.2) is 0 Å². The lowest BCUT2D eigenvalue weighted by atomic mass is 10.1. The number of nitrogens with one attached hydrogen (secondary N) is 1. The summed E-state index contributed by atoms with van der Waals surface area (Å²) in [6.07, 6.45) is 5.81. The van der Waals surface area contributed by atoms with Crippen molar-refractivity contribution < 1.29 is 0 Å². The Morgan fingerprint density at radius 2 is 2.17 bits per heavy atom. The van der Waals surface area contributed by atoms with E-state index in [1.807, 2.05) is 18.8 Å². The Hall–Kier alpha value is 0.0500. The van der Waals surface area contributed by atoms with Gasteiger partial charge in [0, 0.05) is 6.04 Å². The molecule has 0 heterocycles. The van der Waals surface area contributed by atoms with Crippen LogP contribution in [0, 0.1) is 0 Å². The maximum absolute atomic E-state index is 3.91. The molecule has 1 N–H and O–H groups in total. The van der Waals surface area contributed by atoms with E-state index in [1.165, 1.54) is 24.2 Å². The molecule has 0 amide bonds. The molecule has 0 saturated heterocycles. The number of allylic oxidation sites excluding steroid dienone is 1. The number of rotatable bonds is 7. The molecule has 0 aliphatic rings. The number of thioether (sulfide) groups is 1. The van der Waals surface area contributed by atoms with Gasteiger partial charge in [0.2, 0.25) is 0 Å². The standard InChI is InChI=1S/C10H21NS/c1-9(2)5-6-10(11-3)7-8-12-4/h10-11H,1,5-8H2,2-4H3.